The van der Waals surface area contributed by atoms with Crippen molar-refractivity contribution in [3.8, 4) is 0 Å². The maximum Gasteiger partial charge on any atom is 0.170 e. The predicted molar refractivity (Wildman–Crippen MR) is 83.9 cm³/mol. The second-order valence-electron chi connectivity index (χ2n) is 4.69. The highest BCUT2D eigenvalue weighted by Crippen LogP contribution is 2.43. The van der Waals surface area contributed by atoms with Crippen LogP contribution in [0.1, 0.15) is 20.8 Å². The van der Waals surface area contributed by atoms with Crippen LogP contribution in [0.2, 0.25) is 0 Å². The van der Waals surface area contributed by atoms with Crippen molar-refractivity contribution in [2.45, 2.75) is 31.2 Å². The Bertz CT molecular complexity index is 462. The van der Waals surface area contributed by atoms with Gasteiger partial charge in [-0.05, 0) is 25.0 Å². The molecule has 1 aromatic carbocycles. The molecule has 0 spiro atoms. The average molecular weight is 317 g/mol. The van der Waals surface area contributed by atoms with Gasteiger partial charge in [-0.3, -0.25) is 4.42 Å². The molecule has 19 heavy (non-hydrogen) atoms. The maximum atomic E-state index is 6.49. The second kappa shape index (κ2) is 6.29. The van der Waals surface area contributed by atoms with Crippen molar-refractivity contribution in [3.05, 3.63) is 41.2 Å². The first-order chi connectivity index (χ1) is 9.06. The largest absolute Gasteiger partial charge is 0.331 e. The molecule has 0 N–H and O–H groups in total. The number of hydrogen-bond donors (Lipinski definition) is 0. The molecule has 1 heterocycles. The molecule has 0 radical (unpaired) electrons. The smallest absolute Gasteiger partial charge is 0.170 e. The Kier molecular flexibility index (Phi) is 4.93. The summed E-state index contributed by atoms with van der Waals surface area (Å²) in [5.41, 5.74) is 1.01. The third kappa shape index (κ3) is 2.99. The van der Waals surface area contributed by atoms with Crippen molar-refractivity contribution in [3.63, 3.8) is 0 Å². The molecule has 0 saturated heterocycles. The Hall–Kier alpha value is -0.510. The van der Waals surface area contributed by atoms with E-state index in [0.717, 1.165) is 17.4 Å². The number of halogens is 2. The molecule has 0 fully saturated rings. The molecule has 2 rings (SSSR count). The Balaban J connectivity index is 2.23. The van der Waals surface area contributed by atoms with Gasteiger partial charge in [-0.15, -0.1) is 0 Å². The molecule has 1 unspecified atom stereocenters. The van der Waals surface area contributed by atoms with Crippen LogP contribution in [-0.4, -0.2) is 21.4 Å². The Morgan fingerprint density at radius 3 is 2.42 bits per heavy atom. The molecule has 5 heteroatoms. The normalized spacial score (nSPS) is 19.8. The van der Waals surface area contributed by atoms with E-state index in [1.54, 1.807) is 16.2 Å². The third-order valence-corrected chi connectivity index (χ3v) is 5.14. The molecule has 1 aromatic rings. The predicted octanol–water partition coefficient (Wildman–Crippen LogP) is 4.92. The minimum Gasteiger partial charge on any atom is -0.331 e. The second-order valence-corrected chi connectivity index (χ2v) is 6.54. The van der Waals surface area contributed by atoms with Gasteiger partial charge in [-0.2, -0.15) is 0 Å². The van der Waals surface area contributed by atoms with Crippen molar-refractivity contribution < 1.29 is 0 Å². The van der Waals surface area contributed by atoms with E-state index in [1.165, 1.54) is 4.90 Å². The number of hydrogen-bond acceptors (Lipinski definition) is 3. The molecule has 0 aliphatic carbocycles. The molecule has 2 nitrogen and oxygen atoms in total. The van der Waals surface area contributed by atoms with Gasteiger partial charge in [0.05, 0.1) is 5.70 Å². The van der Waals surface area contributed by atoms with Gasteiger partial charge < -0.3 is 4.90 Å². The minimum atomic E-state index is 0.0129. The zero-order valence-corrected chi connectivity index (χ0v) is 13.6. The van der Waals surface area contributed by atoms with E-state index in [2.05, 4.69) is 37.8 Å². The maximum absolute atomic E-state index is 6.49. The molecule has 0 bridgehead atoms. The molecule has 0 amide bonds. The lowest BCUT2D eigenvalue weighted by molar-refractivity contribution is 0.305. The molecule has 0 saturated carbocycles. The van der Waals surface area contributed by atoms with Gasteiger partial charge >= 0.3 is 0 Å². The van der Waals surface area contributed by atoms with E-state index in [4.69, 9.17) is 23.4 Å². The van der Waals surface area contributed by atoms with Crippen LogP contribution < -0.4 is 0 Å². The monoisotopic (exact) mass is 316 g/mol. The van der Waals surface area contributed by atoms with Crippen LogP contribution in [0, 0.1) is 5.92 Å². The van der Waals surface area contributed by atoms with Gasteiger partial charge in [0, 0.05) is 23.2 Å². The van der Waals surface area contributed by atoms with Crippen molar-refractivity contribution >= 4 is 35.1 Å². The highest BCUT2D eigenvalue weighted by Gasteiger charge is 2.37. The minimum absolute atomic E-state index is 0.0129. The molecule has 1 aliphatic rings. The fourth-order valence-electron chi connectivity index (χ4n) is 2.08. The van der Waals surface area contributed by atoms with Crippen LogP contribution in [0.3, 0.4) is 0 Å². The van der Waals surface area contributed by atoms with E-state index in [1.807, 2.05) is 18.2 Å². The van der Waals surface area contributed by atoms with Crippen LogP contribution in [0.15, 0.2) is 46.1 Å². The Morgan fingerprint density at radius 1 is 1.26 bits per heavy atom. The van der Waals surface area contributed by atoms with E-state index in [9.17, 15) is 0 Å². The molecule has 0 aromatic heterocycles. The van der Waals surface area contributed by atoms with Gasteiger partial charge in [-0.1, -0.05) is 55.4 Å². The fourth-order valence-corrected chi connectivity index (χ4v) is 4.35. The Labute approximate surface area is 129 Å². The summed E-state index contributed by atoms with van der Waals surface area (Å²) in [6.45, 7) is 7.14. The lowest BCUT2D eigenvalue weighted by Gasteiger charge is -2.28. The Morgan fingerprint density at radius 2 is 1.89 bits per heavy atom. The summed E-state index contributed by atoms with van der Waals surface area (Å²) in [6, 6.07) is 10.3. The van der Waals surface area contributed by atoms with Gasteiger partial charge in [0.2, 0.25) is 0 Å². The molecular weight excluding hydrogens is 299 g/mol. The van der Waals surface area contributed by atoms with Gasteiger partial charge in [0.25, 0.3) is 0 Å². The summed E-state index contributed by atoms with van der Waals surface area (Å²) in [6.07, 6.45) is 0. The van der Waals surface area contributed by atoms with Gasteiger partial charge in [0.1, 0.15) is 5.16 Å². The van der Waals surface area contributed by atoms with Gasteiger partial charge in [-0.25, -0.2) is 0 Å². The standard InChI is InChI=1S/C14H18Cl2N2S/c1-4-17-13(15)12(10(2)3)18(16)14(17)19-11-8-6-5-7-9-11/h5-10,14H,4H2,1-3H3. The first-order valence-electron chi connectivity index (χ1n) is 6.39. The first kappa shape index (κ1) is 14.9. The van der Waals surface area contributed by atoms with Crippen LogP contribution >= 0.6 is 35.1 Å². The first-order valence-corrected chi connectivity index (χ1v) is 7.98. The van der Waals surface area contributed by atoms with Crippen molar-refractivity contribution in [2.75, 3.05) is 6.54 Å². The summed E-state index contributed by atoms with van der Waals surface area (Å²) in [5, 5.41) is 0.765. The molecule has 1 atom stereocenters. The third-order valence-electron chi connectivity index (χ3n) is 3.03. The molecule has 1 aliphatic heterocycles. The van der Waals surface area contributed by atoms with Crippen molar-refractivity contribution in [1.82, 2.24) is 9.32 Å². The quantitative estimate of drug-likeness (QED) is 0.575. The number of nitrogens with zero attached hydrogens (tertiary/aromatic N) is 2. The summed E-state index contributed by atoms with van der Waals surface area (Å²) in [5.74, 6) is 0.306. The number of allylic oxidation sites excluding steroid dienone is 1. The average Bonchev–Trinajstić information content (AvgIpc) is 2.62. The lowest BCUT2D eigenvalue weighted by Crippen LogP contribution is -2.32. The number of rotatable bonds is 4. The van der Waals surface area contributed by atoms with E-state index in [0.29, 0.717) is 5.92 Å². The van der Waals surface area contributed by atoms with E-state index < -0.39 is 0 Å². The SMILES string of the molecule is CCN1C(Cl)=C(C(C)C)N(Cl)C1Sc1ccccc1. The molecular formula is C14H18Cl2N2S. The van der Waals surface area contributed by atoms with E-state index >= 15 is 0 Å². The lowest BCUT2D eigenvalue weighted by atomic mass is 10.1. The van der Waals surface area contributed by atoms with Gasteiger partial charge in [0.15, 0.2) is 5.50 Å². The van der Waals surface area contributed by atoms with Crippen molar-refractivity contribution in [1.29, 1.82) is 0 Å². The van der Waals surface area contributed by atoms with Crippen LogP contribution in [0.4, 0.5) is 0 Å². The highest BCUT2D eigenvalue weighted by atomic mass is 35.5. The topological polar surface area (TPSA) is 6.48 Å². The zero-order valence-electron chi connectivity index (χ0n) is 11.3. The number of thioether (sulfide) groups is 1. The summed E-state index contributed by atoms with van der Waals surface area (Å²) >= 11 is 14.7. The highest BCUT2D eigenvalue weighted by molar-refractivity contribution is 7.99. The summed E-state index contributed by atoms with van der Waals surface area (Å²) in [4.78, 5) is 3.31. The summed E-state index contributed by atoms with van der Waals surface area (Å²) < 4.78 is 1.77. The van der Waals surface area contributed by atoms with Crippen LogP contribution in [0.5, 0.6) is 0 Å². The van der Waals surface area contributed by atoms with E-state index in [-0.39, 0.29) is 5.50 Å². The number of benzene rings is 1. The zero-order chi connectivity index (χ0) is 14.0. The molecule has 104 valence electrons. The van der Waals surface area contributed by atoms with Crippen LogP contribution in [-0.2, 0) is 0 Å². The fraction of sp³-hybridized carbons (Fsp3) is 0.429. The van der Waals surface area contributed by atoms with Crippen LogP contribution in [0.25, 0.3) is 0 Å². The van der Waals surface area contributed by atoms with Crippen molar-refractivity contribution in [2.24, 2.45) is 5.92 Å². The summed E-state index contributed by atoms with van der Waals surface area (Å²) in [7, 11) is 0.